The molecule has 0 unspecified atom stereocenters. The van der Waals surface area contributed by atoms with E-state index >= 15 is 0 Å². The minimum Gasteiger partial charge on any atom is -0.482 e. The number of ketones is 1. The van der Waals surface area contributed by atoms with Gasteiger partial charge in [-0.1, -0.05) is 0 Å². The van der Waals surface area contributed by atoms with Gasteiger partial charge >= 0.3 is 12.6 Å². The number of carbonyl (C=O) groups excluding carboxylic acids is 3. The number of carbonyl (C=O) groups is 3. The largest absolute Gasteiger partial charge is 0.482 e. The van der Waals surface area contributed by atoms with Gasteiger partial charge in [0.25, 0.3) is 5.91 Å². The molecule has 27 heavy (non-hydrogen) atoms. The van der Waals surface area contributed by atoms with Crippen molar-refractivity contribution in [2.45, 2.75) is 6.61 Å². The number of anilines is 1. The second kappa shape index (κ2) is 7.81. The first-order chi connectivity index (χ1) is 12.9. The van der Waals surface area contributed by atoms with E-state index in [2.05, 4.69) is 10.1 Å². The summed E-state index contributed by atoms with van der Waals surface area (Å²) in [6.45, 7) is -3.59. The van der Waals surface area contributed by atoms with Gasteiger partial charge in [-0.25, -0.2) is 4.79 Å². The number of hydrogen-bond acceptors (Lipinski definition) is 6. The predicted octanol–water partition coefficient (Wildman–Crippen LogP) is 2.66. The molecule has 1 amide bonds. The molecule has 1 heterocycles. The second-order valence-electron chi connectivity index (χ2n) is 5.45. The lowest BCUT2D eigenvalue weighted by atomic mass is 10.1. The van der Waals surface area contributed by atoms with E-state index in [1.165, 1.54) is 42.5 Å². The summed E-state index contributed by atoms with van der Waals surface area (Å²) in [5, 5.41) is 2.58. The van der Waals surface area contributed by atoms with Crippen LogP contribution in [0.4, 0.5) is 14.5 Å². The summed E-state index contributed by atoms with van der Waals surface area (Å²) in [7, 11) is 0. The number of nitrogens with one attached hydrogen (secondary N) is 1. The average Bonchev–Trinajstić information content (AvgIpc) is 2.65. The van der Waals surface area contributed by atoms with Crippen LogP contribution in [0.1, 0.15) is 20.7 Å². The second-order valence-corrected chi connectivity index (χ2v) is 5.45. The molecule has 9 heteroatoms. The molecule has 0 saturated heterocycles. The van der Waals surface area contributed by atoms with E-state index in [0.717, 1.165) is 0 Å². The van der Waals surface area contributed by atoms with Gasteiger partial charge in [-0.3, -0.25) is 9.59 Å². The summed E-state index contributed by atoms with van der Waals surface area (Å²) in [6.07, 6.45) is 0. The van der Waals surface area contributed by atoms with Crippen LogP contribution >= 0.6 is 0 Å². The maximum Gasteiger partial charge on any atom is 0.387 e. The van der Waals surface area contributed by atoms with Gasteiger partial charge in [0, 0.05) is 5.56 Å². The number of amides is 1. The summed E-state index contributed by atoms with van der Waals surface area (Å²) in [4.78, 5) is 35.5. The lowest BCUT2D eigenvalue weighted by Gasteiger charge is -2.18. The molecular weight excluding hydrogens is 364 g/mol. The van der Waals surface area contributed by atoms with E-state index in [1.54, 1.807) is 0 Å². The van der Waals surface area contributed by atoms with Gasteiger partial charge in [0.15, 0.2) is 19.0 Å². The van der Waals surface area contributed by atoms with Crippen molar-refractivity contribution in [1.29, 1.82) is 0 Å². The van der Waals surface area contributed by atoms with Crippen molar-refractivity contribution in [3.05, 3.63) is 53.6 Å². The van der Waals surface area contributed by atoms with Gasteiger partial charge in [0.05, 0.1) is 11.3 Å². The summed E-state index contributed by atoms with van der Waals surface area (Å²) in [5.74, 6) is -1.27. The minimum atomic E-state index is -2.97. The van der Waals surface area contributed by atoms with Gasteiger partial charge in [0.1, 0.15) is 11.5 Å². The third-order valence-corrected chi connectivity index (χ3v) is 3.58. The van der Waals surface area contributed by atoms with E-state index in [1.807, 2.05) is 0 Å². The van der Waals surface area contributed by atoms with Crippen LogP contribution in [0, 0.1) is 0 Å². The van der Waals surface area contributed by atoms with Crippen molar-refractivity contribution in [3.63, 3.8) is 0 Å². The number of ether oxygens (including phenoxy) is 3. The molecule has 0 spiro atoms. The molecule has 1 N–H and O–H groups in total. The Morgan fingerprint density at radius 2 is 1.81 bits per heavy atom. The molecule has 2 aromatic rings. The highest BCUT2D eigenvalue weighted by Crippen LogP contribution is 2.28. The molecule has 0 saturated carbocycles. The Labute approximate surface area is 151 Å². The van der Waals surface area contributed by atoms with E-state index < -0.39 is 25.0 Å². The van der Waals surface area contributed by atoms with Crippen molar-refractivity contribution in [2.75, 3.05) is 18.5 Å². The number of benzene rings is 2. The van der Waals surface area contributed by atoms with Gasteiger partial charge in [-0.05, 0) is 42.5 Å². The first-order valence-corrected chi connectivity index (χ1v) is 7.74. The minimum absolute atomic E-state index is 0.0792. The van der Waals surface area contributed by atoms with Gasteiger partial charge in [-0.15, -0.1) is 0 Å². The Hall–Kier alpha value is -3.49. The van der Waals surface area contributed by atoms with Crippen LogP contribution in [0.5, 0.6) is 11.5 Å². The zero-order valence-electron chi connectivity index (χ0n) is 13.7. The molecule has 1 aliphatic heterocycles. The topological polar surface area (TPSA) is 90.9 Å². The first-order valence-electron chi connectivity index (χ1n) is 7.74. The summed E-state index contributed by atoms with van der Waals surface area (Å²) in [5.41, 5.74) is 0.668. The normalized spacial score (nSPS) is 12.6. The summed E-state index contributed by atoms with van der Waals surface area (Å²) >= 11 is 0. The average molecular weight is 377 g/mol. The lowest BCUT2D eigenvalue weighted by Crippen LogP contribution is -2.25. The Kier molecular flexibility index (Phi) is 5.30. The molecule has 0 aliphatic carbocycles. The van der Waals surface area contributed by atoms with Gasteiger partial charge < -0.3 is 19.5 Å². The molecule has 0 aromatic heterocycles. The van der Waals surface area contributed by atoms with Crippen molar-refractivity contribution in [2.24, 2.45) is 0 Å². The predicted molar refractivity (Wildman–Crippen MR) is 88.3 cm³/mol. The molecule has 140 valence electrons. The summed E-state index contributed by atoms with van der Waals surface area (Å²) in [6, 6.07) is 9.33. The standard InChI is InChI=1S/C18H13F2NO6/c19-18(20)27-12-4-1-10(2-5-12)17(24)26-8-14(22)11-3-6-15-13(7-11)21-16(23)9-25-15/h1-7,18H,8-9H2,(H,21,23). The number of fused-ring (bicyclic) bond motifs is 1. The van der Waals surface area contributed by atoms with Crippen LogP contribution in [0.15, 0.2) is 42.5 Å². The fourth-order valence-corrected chi connectivity index (χ4v) is 2.33. The number of rotatable bonds is 6. The van der Waals surface area contributed by atoms with Crippen LogP contribution in [-0.2, 0) is 9.53 Å². The van der Waals surface area contributed by atoms with Crippen LogP contribution in [0.25, 0.3) is 0 Å². The van der Waals surface area contributed by atoms with E-state index in [0.29, 0.717) is 11.4 Å². The SMILES string of the molecule is O=C1COc2ccc(C(=O)COC(=O)c3ccc(OC(F)F)cc3)cc2N1. The molecule has 3 rings (SSSR count). The molecule has 7 nitrogen and oxygen atoms in total. The van der Waals surface area contributed by atoms with Crippen LogP contribution in [-0.4, -0.2) is 37.5 Å². The maximum absolute atomic E-state index is 12.2. The van der Waals surface area contributed by atoms with Crippen LogP contribution in [0.3, 0.4) is 0 Å². The molecule has 2 aromatic carbocycles. The lowest BCUT2D eigenvalue weighted by molar-refractivity contribution is -0.118. The fourth-order valence-electron chi connectivity index (χ4n) is 2.33. The molecule has 0 bridgehead atoms. The van der Waals surface area contributed by atoms with E-state index in [4.69, 9.17) is 9.47 Å². The number of halogens is 2. The molecule has 0 radical (unpaired) electrons. The Bertz CT molecular complexity index is 882. The third-order valence-electron chi connectivity index (χ3n) is 3.58. The smallest absolute Gasteiger partial charge is 0.387 e. The van der Waals surface area contributed by atoms with Gasteiger partial charge in [0.2, 0.25) is 0 Å². The molecule has 0 atom stereocenters. The Morgan fingerprint density at radius 3 is 2.52 bits per heavy atom. The quantitative estimate of drug-likeness (QED) is 0.615. The highest BCUT2D eigenvalue weighted by atomic mass is 19.3. The highest BCUT2D eigenvalue weighted by molar-refractivity contribution is 6.02. The van der Waals surface area contributed by atoms with E-state index in [9.17, 15) is 23.2 Å². The van der Waals surface area contributed by atoms with Crippen molar-refractivity contribution in [1.82, 2.24) is 0 Å². The number of alkyl halides is 2. The highest BCUT2D eigenvalue weighted by Gasteiger charge is 2.19. The zero-order valence-corrected chi connectivity index (χ0v) is 13.7. The molecule has 1 aliphatic rings. The van der Waals surface area contributed by atoms with E-state index in [-0.39, 0.29) is 29.4 Å². The zero-order chi connectivity index (χ0) is 19.4. The molecular formula is C18H13F2NO6. The number of hydrogen-bond donors (Lipinski definition) is 1. The van der Waals surface area contributed by atoms with Crippen LogP contribution < -0.4 is 14.8 Å². The third kappa shape index (κ3) is 4.57. The first kappa shape index (κ1) is 18.3. The van der Waals surface area contributed by atoms with Crippen molar-refractivity contribution in [3.8, 4) is 11.5 Å². The Morgan fingerprint density at radius 1 is 1.11 bits per heavy atom. The van der Waals surface area contributed by atoms with Crippen LogP contribution in [0.2, 0.25) is 0 Å². The monoisotopic (exact) mass is 377 g/mol. The van der Waals surface area contributed by atoms with Crippen molar-refractivity contribution >= 4 is 23.3 Å². The maximum atomic E-state index is 12.2. The number of esters is 1. The summed E-state index contributed by atoms with van der Waals surface area (Å²) < 4.78 is 38.5. The number of Topliss-reactive ketones (excluding diaryl/α,β-unsaturated/α-hetero) is 1. The van der Waals surface area contributed by atoms with Gasteiger partial charge in [-0.2, -0.15) is 8.78 Å². The van der Waals surface area contributed by atoms with Crippen molar-refractivity contribution < 1.29 is 37.4 Å². The molecule has 0 fully saturated rings. The fraction of sp³-hybridized carbons (Fsp3) is 0.167. The Balaban J connectivity index is 1.59.